The van der Waals surface area contributed by atoms with Crippen molar-refractivity contribution in [2.45, 2.75) is 32.2 Å². The lowest BCUT2D eigenvalue weighted by molar-refractivity contribution is -0.384. The molecule has 0 aliphatic heterocycles. The van der Waals surface area contributed by atoms with Gasteiger partial charge < -0.3 is 11.1 Å². The van der Waals surface area contributed by atoms with E-state index in [2.05, 4.69) is 5.32 Å². The average Bonchev–Trinajstić information content (AvgIpc) is 2.36. The Morgan fingerprint density at radius 1 is 1.50 bits per heavy atom. The Bertz CT molecular complexity index is 452. The number of halogens is 1. The van der Waals surface area contributed by atoms with Gasteiger partial charge in [0.15, 0.2) is 0 Å². The molecule has 0 radical (unpaired) electrons. The highest BCUT2D eigenvalue weighted by Crippen LogP contribution is 2.14. The molecule has 0 aromatic heterocycles. The van der Waals surface area contributed by atoms with Gasteiger partial charge in [-0.2, -0.15) is 0 Å². The number of nitro benzene ring substituents is 1. The van der Waals surface area contributed by atoms with E-state index in [1.54, 1.807) is 12.1 Å². The first-order valence-electron chi connectivity index (χ1n) is 6.24. The van der Waals surface area contributed by atoms with E-state index in [-0.39, 0.29) is 30.0 Å². The van der Waals surface area contributed by atoms with Gasteiger partial charge >= 0.3 is 0 Å². The van der Waals surface area contributed by atoms with Crippen molar-refractivity contribution in [1.82, 2.24) is 5.32 Å². The first-order chi connectivity index (χ1) is 8.99. The summed E-state index contributed by atoms with van der Waals surface area (Å²) in [5, 5.41) is 13.4. The second-order valence-corrected chi connectivity index (χ2v) is 4.54. The molecule has 1 rings (SSSR count). The minimum Gasteiger partial charge on any atom is -0.356 e. The molecule has 20 heavy (non-hydrogen) atoms. The van der Waals surface area contributed by atoms with Gasteiger partial charge in [0.25, 0.3) is 5.69 Å². The summed E-state index contributed by atoms with van der Waals surface area (Å²) < 4.78 is 0. The first-order valence-corrected chi connectivity index (χ1v) is 6.24. The quantitative estimate of drug-likeness (QED) is 0.592. The molecule has 1 aromatic rings. The third kappa shape index (κ3) is 7.06. The lowest BCUT2D eigenvalue weighted by atomic mass is 10.1. The number of nitrogens with two attached hydrogens (primary N) is 1. The summed E-state index contributed by atoms with van der Waals surface area (Å²) in [6, 6.07) is 6.41. The Morgan fingerprint density at radius 3 is 2.80 bits per heavy atom. The number of nitrogens with zero attached hydrogens (tertiary/aromatic N) is 1. The molecular weight excluding hydrogens is 282 g/mol. The maximum absolute atomic E-state index is 11.5. The number of hydrogen-bond acceptors (Lipinski definition) is 4. The van der Waals surface area contributed by atoms with Crippen LogP contribution in [0.2, 0.25) is 0 Å². The zero-order valence-electron chi connectivity index (χ0n) is 11.4. The number of amides is 1. The van der Waals surface area contributed by atoms with Crippen LogP contribution in [0.4, 0.5) is 5.69 Å². The van der Waals surface area contributed by atoms with Crippen molar-refractivity contribution in [3.63, 3.8) is 0 Å². The van der Waals surface area contributed by atoms with Crippen LogP contribution in [0.5, 0.6) is 0 Å². The van der Waals surface area contributed by atoms with E-state index < -0.39 is 4.92 Å². The van der Waals surface area contributed by atoms with Crippen molar-refractivity contribution < 1.29 is 9.72 Å². The minimum absolute atomic E-state index is 0. The van der Waals surface area contributed by atoms with Crippen LogP contribution in [-0.4, -0.2) is 23.4 Å². The zero-order valence-corrected chi connectivity index (χ0v) is 12.2. The van der Waals surface area contributed by atoms with E-state index in [1.165, 1.54) is 12.1 Å². The van der Waals surface area contributed by atoms with E-state index in [4.69, 9.17) is 5.73 Å². The summed E-state index contributed by atoms with van der Waals surface area (Å²) in [5.74, 6) is -0.0628. The number of nitrogens with one attached hydrogen (secondary N) is 1. The second-order valence-electron chi connectivity index (χ2n) is 4.54. The van der Waals surface area contributed by atoms with Crippen molar-refractivity contribution in [3.05, 3.63) is 39.9 Å². The first kappa shape index (κ1) is 18.3. The predicted molar refractivity (Wildman–Crippen MR) is 79.9 cm³/mol. The molecule has 3 N–H and O–H groups in total. The number of carbonyl (C=O) groups excluding carboxylic acids is 1. The number of non-ortho nitro benzene ring substituents is 1. The Balaban J connectivity index is 0.00000361. The zero-order chi connectivity index (χ0) is 14.3. The summed E-state index contributed by atoms with van der Waals surface area (Å²) in [6.45, 7) is 2.45. The van der Waals surface area contributed by atoms with Gasteiger partial charge in [-0.1, -0.05) is 12.1 Å². The smallest absolute Gasteiger partial charge is 0.269 e. The van der Waals surface area contributed by atoms with Crippen LogP contribution in [0.1, 0.15) is 25.3 Å². The lowest BCUT2D eigenvalue weighted by Gasteiger charge is -2.07. The number of nitro groups is 1. The van der Waals surface area contributed by atoms with E-state index in [0.29, 0.717) is 19.4 Å². The van der Waals surface area contributed by atoms with Gasteiger partial charge in [-0.15, -0.1) is 12.4 Å². The molecule has 0 fully saturated rings. The fourth-order valence-corrected chi connectivity index (χ4v) is 1.61. The molecule has 1 aromatic carbocycles. The molecule has 1 amide bonds. The van der Waals surface area contributed by atoms with Gasteiger partial charge in [-0.3, -0.25) is 14.9 Å². The highest BCUT2D eigenvalue weighted by molar-refractivity contribution is 5.85. The van der Waals surface area contributed by atoms with Crippen LogP contribution in [0, 0.1) is 10.1 Å². The fourth-order valence-electron chi connectivity index (χ4n) is 1.61. The Hall–Kier alpha value is -1.66. The van der Waals surface area contributed by atoms with Crippen LogP contribution in [-0.2, 0) is 11.2 Å². The molecule has 7 heteroatoms. The third-order valence-electron chi connectivity index (χ3n) is 2.68. The Kier molecular flexibility index (Phi) is 8.51. The summed E-state index contributed by atoms with van der Waals surface area (Å²) >= 11 is 0. The molecule has 0 aliphatic rings. The minimum atomic E-state index is -0.438. The third-order valence-corrected chi connectivity index (χ3v) is 2.68. The highest BCUT2D eigenvalue weighted by atomic mass is 35.5. The van der Waals surface area contributed by atoms with Crippen molar-refractivity contribution in [3.8, 4) is 0 Å². The monoisotopic (exact) mass is 301 g/mol. The molecular formula is C13H20ClN3O3. The molecule has 112 valence electrons. The standard InChI is InChI=1S/C13H19N3O3.ClH/c1-10(14)7-8-15-13(17)6-5-11-3-2-4-12(9-11)16(18)19;/h2-4,9-10H,5-8,14H2,1H3,(H,15,17);1H. The van der Waals surface area contributed by atoms with Crippen LogP contribution in [0.15, 0.2) is 24.3 Å². The van der Waals surface area contributed by atoms with E-state index in [1.807, 2.05) is 6.92 Å². The average molecular weight is 302 g/mol. The van der Waals surface area contributed by atoms with Gasteiger partial charge in [0.05, 0.1) is 4.92 Å². The molecule has 1 atom stereocenters. The van der Waals surface area contributed by atoms with E-state index in [0.717, 1.165) is 12.0 Å². The largest absolute Gasteiger partial charge is 0.356 e. The van der Waals surface area contributed by atoms with Gasteiger partial charge in [0, 0.05) is 31.1 Å². The Labute approximate surface area is 124 Å². The Morgan fingerprint density at radius 2 is 2.20 bits per heavy atom. The van der Waals surface area contributed by atoms with Crippen LogP contribution in [0.25, 0.3) is 0 Å². The maximum Gasteiger partial charge on any atom is 0.269 e. The van der Waals surface area contributed by atoms with Crippen LogP contribution >= 0.6 is 12.4 Å². The summed E-state index contributed by atoms with van der Waals surface area (Å²) in [6.07, 6.45) is 1.55. The van der Waals surface area contributed by atoms with Crippen molar-refractivity contribution in [2.75, 3.05) is 6.54 Å². The molecule has 1 unspecified atom stereocenters. The SMILES string of the molecule is CC(N)CCNC(=O)CCc1cccc([N+](=O)[O-])c1.Cl. The van der Waals surface area contributed by atoms with Gasteiger partial charge in [-0.25, -0.2) is 0 Å². The van der Waals surface area contributed by atoms with Gasteiger partial charge in [0.2, 0.25) is 5.91 Å². The van der Waals surface area contributed by atoms with E-state index >= 15 is 0 Å². The maximum atomic E-state index is 11.5. The van der Waals surface area contributed by atoms with Crippen molar-refractivity contribution in [1.29, 1.82) is 0 Å². The molecule has 0 saturated carbocycles. The normalized spacial score (nSPS) is 11.3. The van der Waals surface area contributed by atoms with Crippen molar-refractivity contribution in [2.24, 2.45) is 5.73 Å². The predicted octanol–water partition coefficient (Wildman–Crippen LogP) is 1.80. The summed E-state index contributed by atoms with van der Waals surface area (Å²) in [5.41, 5.74) is 6.41. The molecule has 0 heterocycles. The molecule has 0 aliphatic carbocycles. The van der Waals surface area contributed by atoms with Crippen LogP contribution in [0.3, 0.4) is 0 Å². The highest BCUT2D eigenvalue weighted by Gasteiger charge is 2.07. The number of rotatable bonds is 7. The molecule has 0 saturated heterocycles. The summed E-state index contributed by atoms with van der Waals surface area (Å²) in [4.78, 5) is 21.7. The molecule has 0 bridgehead atoms. The lowest BCUT2D eigenvalue weighted by Crippen LogP contribution is -2.29. The second kappa shape index (κ2) is 9.28. The van der Waals surface area contributed by atoms with Gasteiger partial charge in [-0.05, 0) is 25.3 Å². The van der Waals surface area contributed by atoms with E-state index in [9.17, 15) is 14.9 Å². The number of benzene rings is 1. The van der Waals surface area contributed by atoms with Gasteiger partial charge in [0.1, 0.15) is 0 Å². The van der Waals surface area contributed by atoms with Crippen LogP contribution < -0.4 is 11.1 Å². The summed E-state index contributed by atoms with van der Waals surface area (Å²) in [7, 11) is 0. The fraction of sp³-hybridized carbons (Fsp3) is 0.462. The van der Waals surface area contributed by atoms with Crippen molar-refractivity contribution >= 4 is 24.0 Å². The molecule has 6 nitrogen and oxygen atoms in total. The number of carbonyl (C=O) groups is 1. The number of aryl methyl sites for hydroxylation is 1. The molecule has 0 spiro atoms. The number of hydrogen-bond donors (Lipinski definition) is 2. The topological polar surface area (TPSA) is 98.3 Å².